The predicted octanol–water partition coefficient (Wildman–Crippen LogP) is -3.09. The quantitative estimate of drug-likeness (QED) is 0.0495. The van der Waals surface area contributed by atoms with Gasteiger partial charge in [0.1, 0.15) is 29.5 Å². The van der Waals surface area contributed by atoms with Gasteiger partial charge < -0.3 is 53.7 Å². The number of anilines is 2. The Balaban J connectivity index is 0.00000169. The molecule has 1 saturated heterocycles. The van der Waals surface area contributed by atoms with Gasteiger partial charge in [-0.1, -0.05) is 0 Å². The van der Waals surface area contributed by atoms with E-state index in [9.17, 15) is 25.2 Å². The number of hydrogen-bond acceptors (Lipinski definition) is 12. The zero-order chi connectivity index (χ0) is 36.5. The van der Waals surface area contributed by atoms with Gasteiger partial charge in [-0.05, 0) is 66.4 Å². The molecule has 1 amide bonds. The lowest BCUT2D eigenvalue weighted by atomic mass is 10.0. The van der Waals surface area contributed by atoms with E-state index in [1.165, 1.54) is 11.1 Å². The van der Waals surface area contributed by atoms with Crippen molar-refractivity contribution < 1.29 is 57.2 Å². The molecular formula is C32H45BrClN9O8. The fourth-order valence-electron chi connectivity index (χ4n) is 6.33. The Morgan fingerprint density at radius 2 is 1.75 bits per heavy atom. The van der Waals surface area contributed by atoms with Crippen LogP contribution in [-0.2, 0) is 29.2 Å². The van der Waals surface area contributed by atoms with Gasteiger partial charge in [0.05, 0.1) is 44.2 Å². The number of aliphatic hydroxyl groups excluding tert-OH is 5. The summed E-state index contributed by atoms with van der Waals surface area (Å²) < 4.78 is 6.83. The van der Waals surface area contributed by atoms with E-state index >= 15 is 0 Å². The topological polar surface area (TPSA) is 240 Å². The van der Waals surface area contributed by atoms with Crippen LogP contribution in [-0.4, -0.2) is 123 Å². The maximum Gasteiger partial charge on any atom is 0.290 e. The Hall–Kier alpha value is -3.75. The van der Waals surface area contributed by atoms with Crippen molar-refractivity contribution in [2.75, 3.05) is 36.9 Å². The molecule has 0 unspecified atom stereocenters. The molecule has 0 radical (unpaired) electrons. The highest BCUT2D eigenvalue weighted by Crippen LogP contribution is 2.29. The highest BCUT2D eigenvalue weighted by atomic mass is 79.9. The van der Waals surface area contributed by atoms with Gasteiger partial charge in [0.15, 0.2) is 22.7 Å². The molecule has 1 aromatic carbocycles. The molecule has 280 valence electrons. The van der Waals surface area contributed by atoms with Crippen molar-refractivity contribution in [3.05, 3.63) is 47.2 Å². The summed E-state index contributed by atoms with van der Waals surface area (Å²) in [6.45, 7) is 6.26. The van der Waals surface area contributed by atoms with Gasteiger partial charge in [-0.3, -0.25) is 19.2 Å². The summed E-state index contributed by atoms with van der Waals surface area (Å²) >= 11 is 3.32. The molecule has 0 spiro atoms. The van der Waals surface area contributed by atoms with Crippen molar-refractivity contribution in [1.82, 2.24) is 29.2 Å². The molecule has 1 aliphatic heterocycles. The minimum absolute atomic E-state index is 0. The molecule has 1 fully saturated rings. The molecular weight excluding hydrogens is 754 g/mol. The van der Waals surface area contributed by atoms with Gasteiger partial charge in [-0.15, -0.1) is 0 Å². The molecule has 19 heteroatoms. The SMILES string of the molecule is CCn1c(CN(C=O)c2nc(Br)cnc2N)[n+](CC)c2ccc(-c3cnn(C4CCN(C[C@H](O)[C@@H](O)[C@H](O)[C@H](O)CO)CC4)c3)cc21.O=CO.[Cl-]. The number of carbonyl (C=O) groups excluding carboxylic acids is 1. The van der Waals surface area contributed by atoms with E-state index in [0.29, 0.717) is 30.8 Å². The van der Waals surface area contributed by atoms with Crippen molar-refractivity contribution in [2.45, 2.75) is 76.8 Å². The second-order valence-electron chi connectivity index (χ2n) is 11.9. The smallest absolute Gasteiger partial charge is 0.290 e. The van der Waals surface area contributed by atoms with Crippen LogP contribution in [0.2, 0.25) is 0 Å². The first-order valence-electron chi connectivity index (χ1n) is 16.2. The number of amides is 1. The van der Waals surface area contributed by atoms with Gasteiger partial charge in [-0.25, -0.2) is 19.1 Å². The number of β-amino-alcohol motifs (C(OH)–C–C–N with tert-alkyl or cyclic N) is 1. The summed E-state index contributed by atoms with van der Waals surface area (Å²) in [5.74, 6) is 1.38. The lowest BCUT2D eigenvalue weighted by Gasteiger charge is -2.35. The molecule has 0 bridgehead atoms. The average Bonchev–Trinajstić information content (AvgIpc) is 3.73. The number of aliphatic hydroxyl groups is 5. The normalized spacial score (nSPS) is 16.0. The van der Waals surface area contributed by atoms with Gasteiger partial charge in [0, 0.05) is 31.4 Å². The molecule has 4 atom stereocenters. The highest BCUT2D eigenvalue weighted by Gasteiger charge is 2.32. The number of nitrogens with zero attached hydrogens (tertiary/aromatic N) is 8. The molecule has 5 rings (SSSR count). The molecule has 51 heavy (non-hydrogen) atoms. The number of halogens is 2. The van der Waals surface area contributed by atoms with Crippen LogP contribution in [0.5, 0.6) is 0 Å². The summed E-state index contributed by atoms with van der Waals surface area (Å²) in [4.78, 5) is 32.6. The molecule has 3 aromatic heterocycles. The first kappa shape index (κ1) is 41.7. The summed E-state index contributed by atoms with van der Waals surface area (Å²) in [6, 6.07) is 6.47. The molecule has 4 aromatic rings. The van der Waals surface area contributed by atoms with Crippen LogP contribution in [0, 0.1) is 0 Å². The summed E-state index contributed by atoms with van der Waals surface area (Å²) in [6.07, 6.45) is 1.68. The number of fused-ring (bicyclic) bond motifs is 1. The maximum atomic E-state index is 12.2. The van der Waals surface area contributed by atoms with Crippen LogP contribution in [0.4, 0.5) is 11.6 Å². The van der Waals surface area contributed by atoms with Gasteiger partial charge in [0.25, 0.3) is 12.3 Å². The number of hydrogen-bond donors (Lipinski definition) is 7. The largest absolute Gasteiger partial charge is 1.00 e. The van der Waals surface area contributed by atoms with Crippen molar-refractivity contribution in [2.24, 2.45) is 0 Å². The van der Waals surface area contributed by atoms with Crippen LogP contribution < -0.4 is 27.6 Å². The second kappa shape index (κ2) is 19.2. The second-order valence-corrected chi connectivity index (χ2v) is 12.7. The Morgan fingerprint density at radius 3 is 2.35 bits per heavy atom. The molecule has 0 saturated carbocycles. The minimum Gasteiger partial charge on any atom is -1.00 e. The number of imidazole rings is 1. The molecule has 8 N–H and O–H groups in total. The standard InChI is InChI=1S/C31H43BrN9O6.CH2O2.ClH/c1-3-39-22-6-5-19(11-23(22)40(4-2)27(39)16-38(18-43)31-30(33)34-13-26(32)36-31)20-12-35-41(14-20)21-7-9-37(10-8-21)15-24(44)28(46)29(47)25(45)17-42;2-1-3;/h5-6,11-14,18,21,24-25,28-29,42,44-47H,3-4,7-10,15-17H2,1-2H3,(H2,33,34);1H,(H,2,3);1H/q+1;;/p-1/t24-,25+,28+,29+;;/m0../s1. The number of rotatable bonds is 14. The third kappa shape index (κ3) is 9.58. The van der Waals surface area contributed by atoms with E-state index in [1.807, 2.05) is 22.0 Å². The van der Waals surface area contributed by atoms with Gasteiger partial charge in [0.2, 0.25) is 6.41 Å². The lowest BCUT2D eigenvalue weighted by molar-refractivity contribution is -0.676. The number of carboxylic acid groups (broad SMARTS) is 1. The third-order valence-corrected chi connectivity index (χ3v) is 9.29. The lowest BCUT2D eigenvalue weighted by Crippen LogP contribution is -3.00. The number of aryl methyl sites for hydroxylation is 2. The minimum atomic E-state index is -1.63. The van der Waals surface area contributed by atoms with Gasteiger partial charge in [-0.2, -0.15) is 5.10 Å². The first-order valence-corrected chi connectivity index (χ1v) is 17.0. The Kier molecular flexibility index (Phi) is 15.7. The van der Waals surface area contributed by atoms with Gasteiger partial charge >= 0.3 is 0 Å². The molecule has 4 heterocycles. The number of nitrogens with two attached hydrogens (primary N) is 1. The molecule has 17 nitrogen and oxygen atoms in total. The maximum absolute atomic E-state index is 12.2. The zero-order valence-electron chi connectivity index (χ0n) is 28.3. The van der Waals surface area contributed by atoms with Crippen molar-refractivity contribution in [1.29, 1.82) is 0 Å². The molecule has 0 aliphatic carbocycles. The van der Waals surface area contributed by atoms with Crippen molar-refractivity contribution >= 4 is 51.5 Å². The Bertz CT molecular complexity index is 1740. The van der Waals surface area contributed by atoms with E-state index in [0.717, 1.165) is 47.2 Å². The fraction of sp³-hybridized carbons (Fsp3) is 0.500. The number of benzene rings is 1. The number of aromatic nitrogens is 6. The van der Waals surface area contributed by atoms with Crippen molar-refractivity contribution in [3.63, 3.8) is 0 Å². The number of carbonyl (C=O) groups is 2. The van der Waals surface area contributed by atoms with E-state index in [4.69, 9.17) is 20.7 Å². The van der Waals surface area contributed by atoms with Crippen LogP contribution in [0.15, 0.2) is 41.4 Å². The van der Waals surface area contributed by atoms with Crippen molar-refractivity contribution in [3.8, 4) is 11.1 Å². The summed E-state index contributed by atoms with van der Waals surface area (Å²) in [5.41, 5.74) is 10.1. The zero-order valence-corrected chi connectivity index (χ0v) is 30.6. The van der Waals surface area contributed by atoms with Crippen LogP contribution in [0.3, 0.4) is 0 Å². The van der Waals surface area contributed by atoms with E-state index in [-0.39, 0.29) is 49.6 Å². The third-order valence-electron chi connectivity index (χ3n) is 8.91. The van der Waals surface area contributed by atoms with E-state index in [1.54, 1.807) is 0 Å². The number of nitrogen functional groups attached to an aromatic ring is 1. The Labute approximate surface area is 309 Å². The van der Waals surface area contributed by atoms with Crippen LogP contribution in [0.1, 0.15) is 38.6 Å². The summed E-state index contributed by atoms with van der Waals surface area (Å²) in [5, 5.41) is 60.6. The summed E-state index contributed by atoms with van der Waals surface area (Å²) in [7, 11) is 0. The van der Waals surface area contributed by atoms with E-state index in [2.05, 4.69) is 72.2 Å². The highest BCUT2D eigenvalue weighted by molar-refractivity contribution is 9.10. The number of likely N-dealkylation sites (tertiary alicyclic amines) is 1. The average molecular weight is 799 g/mol. The first-order chi connectivity index (χ1) is 24.0. The predicted molar refractivity (Wildman–Crippen MR) is 186 cm³/mol. The monoisotopic (exact) mass is 797 g/mol. The van der Waals surface area contributed by atoms with Crippen LogP contribution >= 0.6 is 15.9 Å². The Morgan fingerprint density at radius 1 is 1.08 bits per heavy atom. The fourth-order valence-corrected chi connectivity index (χ4v) is 6.60. The molecule has 1 aliphatic rings. The van der Waals surface area contributed by atoms with Crippen LogP contribution in [0.25, 0.3) is 22.2 Å². The number of piperidine rings is 1. The van der Waals surface area contributed by atoms with E-state index < -0.39 is 31.0 Å².